The molecule has 26 heavy (non-hydrogen) atoms. The molecule has 0 amide bonds. The molecule has 0 aliphatic carbocycles. The van der Waals surface area contributed by atoms with Crippen molar-refractivity contribution in [3.8, 4) is 11.5 Å². The minimum atomic E-state index is 0. The van der Waals surface area contributed by atoms with Gasteiger partial charge in [0.05, 0.1) is 13.7 Å². The monoisotopic (exact) mass is 476 g/mol. The van der Waals surface area contributed by atoms with Crippen LogP contribution in [0.1, 0.15) is 31.7 Å². The highest BCUT2D eigenvalue weighted by atomic mass is 127. The molecule has 1 heterocycles. The molecular formula is C19H33IN4O2. The van der Waals surface area contributed by atoms with E-state index in [0.717, 1.165) is 31.2 Å². The van der Waals surface area contributed by atoms with E-state index in [0.29, 0.717) is 18.7 Å². The summed E-state index contributed by atoms with van der Waals surface area (Å²) in [5.74, 6) is 1.57. The van der Waals surface area contributed by atoms with Crippen LogP contribution in [0.15, 0.2) is 23.2 Å². The van der Waals surface area contributed by atoms with Crippen LogP contribution in [0.3, 0.4) is 0 Å². The summed E-state index contributed by atoms with van der Waals surface area (Å²) in [7, 11) is 1.56. The van der Waals surface area contributed by atoms with E-state index in [1.54, 1.807) is 13.2 Å². The molecule has 3 N–H and O–H groups in total. The van der Waals surface area contributed by atoms with E-state index in [-0.39, 0.29) is 29.7 Å². The smallest absolute Gasteiger partial charge is 0.191 e. The lowest BCUT2D eigenvalue weighted by atomic mass is 10.1. The molecule has 2 rings (SSSR count). The molecule has 1 aliphatic rings. The number of nitrogens with one attached hydrogen (secondary N) is 2. The molecule has 148 valence electrons. The van der Waals surface area contributed by atoms with Gasteiger partial charge in [0.25, 0.3) is 0 Å². The van der Waals surface area contributed by atoms with Crippen LogP contribution >= 0.6 is 24.0 Å². The van der Waals surface area contributed by atoms with Gasteiger partial charge >= 0.3 is 0 Å². The second-order valence-electron chi connectivity index (χ2n) is 6.31. The highest BCUT2D eigenvalue weighted by Gasteiger charge is 2.09. The van der Waals surface area contributed by atoms with Crippen LogP contribution in [0.4, 0.5) is 0 Å². The van der Waals surface area contributed by atoms with Gasteiger partial charge < -0.3 is 25.4 Å². The Morgan fingerprint density at radius 3 is 2.69 bits per heavy atom. The van der Waals surface area contributed by atoms with E-state index in [2.05, 4.69) is 27.4 Å². The fraction of sp³-hybridized carbons (Fsp3) is 0.632. The summed E-state index contributed by atoms with van der Waals surface area (Å²) in [6.07, 6.45) is 4.69. The summed E-state index contributed by atoms with van der Waals surface area (Å²) in [6, 6.07) is 5.57. The fourth-order valence-electron chi connectivity index (χ4n) is 3.08. The van der Waals surface area contributed by atoms with Crippen molar-refractivity contribution in [3.63, 3.8) is 0 Å². The largest absolute Gasteiger partial charge is 0.504 e. The maximum Gasteiger partial charge on any atom is 0.191 e. The van der Waals surface area contributed by atoms with Gasteiger partial charge in [-0.25, -0.2) is 0 Å². The van der Waals surface area contributed by atoms with E-state index >= 15 is 0 Å². The minimum absolute atomic E-state index is 0. The van der Waals surface area contributed by atoms with Gasteiger partial charge in [-0.1, -0.05) is 18.6 Å². The van der Waals surface area contributed by atoms with Gasteiger partial charge in [-0.3, -0.25) is 4.99 Å². The Bertz CT molecular complexity index is 548. The molecule has 0 spiro atoms. The second kappa shape index (κ2) is 13.0. The number of piperidine rings is 1. The molecule has 1 aromatic carbocycles. The van der Waals surface area contributed by atoms with Crippen LogP contribution in [0, 0.1) is 0 Å². The number of likely N-dealkylation sites (tertiary alicyclic amines) is 1. The third kappa shape index (κ3) is 7.57. The third-order valence-electron chi connectivity index (χ3n) is 4.47. The van der Waals surface area contributed by atoms with Gasteiger partial charge in [-0.15, -0.1) is 24.0 Å². The predicted molar refractivity (Wildman–Crippen MR) is 118 cm³/mol. The molecule has 0 unspecified atom stereocenters. The number of nitrogens with zero attached hydrogens (tertiary/aromatic N) is 2. The average Bonchev–Trinajstić information content (AvgIpc) is 2.64. The summed E-state index contributed by atoms with van der Waals surface area (Å²) in [5.41, 5.74) is 0.871. The number of phenols is 1. The number of halogens is 1. The molecule has 1 aliphatic heterocycles. The number of aliphatic imine (C=N–C) groups is 1. The molecule has 1 fully saturated rings. The molecule has 6 nitrogen and oxygen atoms in total. The summed E-state index contributed by atoms with van der Waals surface area (Å²) in [5, 5.41) is 16.8. The zero-order chi connectivity index (χ0) is 17.9. The average molecular weight is 476 g/mol. The number of aromatic hydroxyl groups is 1. The lowest BCUT2D eigenvalue weighted by Crippen LogP contribution is -2.39. The zero-order valence-electron chi connectivity index (χ0n) is 16.0. The van der Waals surface area contributed by atoms with Crippen LogP contribution in [0.25, 0.3) is 0 Å². The first-order valence-electron chi connectivity index (χ1n) is 9.34. The molecule has 0 saturated carbocycles. The lowest BCUT2D eigenvalue weighted by Gasteiger charge is -2.25. The van der Waals surface area contributed by atoms with Crippen molar-refractivity contribution in [2.75, 3.05) is 46.4 Å². The van der Waals surface area contributed by atoms with Crippen molar-refractivity contribution in [1.29, 1.82) is 0 Å². The van der Waals surface area contributed by atoms with E-state index in [9.17, 15) is 5.11 Å². The molecule has 0 atom stereocenters. The zero-order valence-corrected chi connectivity index (χ0v) is 18.3. The summed E-state index contributed by atoms with van der Waals surface area (Å²) >= 11 is 0. The van der Waals surface area contributed by atoms with Gasteiger partial charge in [-0.05, 0) is 50.9 Å². The SMILES string of the molecule is CCNC(=NCCN1CCCCC1)NCCc1cccc(OC)c1O.I. The summed E-state index contributed by atoms with van der Waals surface area (Å²) in [6.45, 7) is 7.84. The molecule has 7 heteroatoms. The Kier molecular flexibility index (Phi) is 11.4. The Morgan fingerprint density at radius 1 is 1.23 bits per heavy atom. The maximum absolute atomic E-state index is 10.1. The summed E-state index contributed by atoms with van der Waals surface area (Å²) in [4.78, 5) is 7.15. The third-order valence-corrected chi connectivity index (χ3v) is 4.47. The predicted octanol–water partition coefficient (Wildman–Crippen LogP) is 2.60. The first-order chi connectivity index (χ1) is 12.2. The number of hydrogen-bond donors (Lipinski definition) is 3. The molecule has 1 aromatic rings. The molecule has 0 bridgehead atoms. The number of para-hydroxylation sites is 1. The number of ether oxygens (including phenoxy) is 1. The van der Waals surface area contributed by atoms with Crippen LogP contribution in [0.5, 0.6) is 11.5 Å². The molecule has 0 radical (unpaired) electrons. The van der Waals surface area contributed by atoms with E-state index in [1.165, 1.54) is 32.4 Å². The molecule has 1 saturated heterocycles. The van der Waals surface area contributed by atoms with Crippen molar-refractivity contribution in [1.82, 2.24) is 15.5 Å². The van der Waals surface area contributed by atoms with Gasteiger partial charge in [0.15, 0.2) is 17.5 Å². The van der Waals surface area contributed by atoms with Crippen LogP contribution in [-0.4, -0.2) is 62.3 Å². The van der Waals surface area contributed by atoms with Crippen molar-refractivity contribution < 1.29 is 9.84 Å². The standard InChI is InChI=1S/C19H32N4O2.HI/c1-3-20-19(22-12-15-23-13-5-4-6-14-23)21-11-10-16-8-7-9-17(25-2)18(16)24;/h7-9,24H,3-6,10-15H2,1-2H3,(H2,20,21,22);1H. The number of benzene rings is 1. The minimum Gasteiger partial charge on any atom is -0.504 e. The second-order valence-corrected chi connectivity index (χ2v) is 6.31. The Hall–Kier alpha value is -1.22. The van der Waals surface area contributed by atoms with E-state index in [4.69, 9.17) is 4.74 Å². The lowest BCUT2D eigenvalue weighted by molar-refractivity contribution is 0.235. The number of guanidine groups is 1. The molecular weight excluding hydrogens is 443 g/mol. The van der Waals surface area contributed by atoms with E-state index in [1.807, 2.05) is 12.1 Å². The number of rotatable bonds is 8. The number of phenolic OH excluding ortho intramolecular Hbond substituents is 1. The van der Waals surface area contributed by atoms with Crippen molar-refractivity contribution in [2.24, 2.45) is 4.99 Å². The van der Waals surface area contributed by atoms with Crippen LogP contribution in [-0.2, 0) is 6.42 Å². The normalized spacial score (nSPS) is 15.2. The first-order valence-corrected chi connectivity index (χ1v) is 9.34. The first kappa shape index (κ1) is 22.8. The van der Waals surface area contributed by atoms with Gasteiger partial charge in [-0.2, -0.15) is 0 Å². The van der Waals surface area contributed by atoms with Gasteiger partial charge in [0.2, 0.25) is 0 Å². The van der Waals surface area contributed by atoms with Crippen LogP contribution in [0.2, 0.25) is 0 Å². The number of hydrogen-bond acceptors (Lipinski definition) is 4. The van der Waals surface area contributed by atoms with Gasteiger partial charge in [0, 0.05) is 19.6 Å². The van der Waals surface area contributed by atoms with Crippen molar-refractivity contribution in [2.45, 2.75) is 32.6 Å². The highest BCUT2D eigenvalue weighted by molar-refractivity contribution is 14.0. The van der Waals surface area contributed by atoms with Crippen molar-refractivity contribution in [3.05, 3.63) is 23.8 Å². The number of methoxy groups -OCH3 is 1. The summed E-state index contributed by atoms with van der Waals surface area (Å²) < 4.78 is 5.15. The topological polar surface area (TPSA) is 69.1 Å². The Morgan fingerprint density at radius 2 is 2.00 bits per heavy atom. The van der Waals surface area contributed by atoms with Gasteiger partial charge in [0.1, 0.15) is 0 Å². The van der Waals surface area contributed by atoms with E-state index < -0.39 is 0 Å². The van der Waals surface area contributed by atoms with Crippen molar-refractivity contribution >= 4 is 29.9 Å². The highest BCUT2D eigenvalue weighted by Crippen LogP contribution is 2.29. The molecule has 0 aromatic heterocycles. The Balaban J connectivity index is 0.00000338. The maximum atomic E-state index is 10.1. The Labute approximate surface area is 174 Å². The quantitative estimate of drug-likeness (QED) is 0.306. The fourth-order valence-corrected chi connectivity index (χ4v) is 3.08. The van der Waals surface area contributed by atoms with Crippen LogP contribution < -0.4 is 15.4 Å².